The molecule has 1 aromatic carbocycles. The molecule has 0 amide bonds. The minimum atomic E-state index is -0.500. The van der Waals surface area contributed by atoms with Crippen LogP contribution in [0.1, 0.15) is 11.3 Å². The topological polar surface area (TPSA) is 61.0 Å². The minimum Gasteiger partial charge on any atom is -0.390 e. The van der Waals surface area contributed by atoms with E-state index in [0.717, 1.165) is 5.56 Å². The first-order valence-corrected chi connectivity index (χ1v) is 5.08. The van der Waals surface area contributed by atoms with Gasteiger partial charge in [-0.1, -0.05) is 41.4 Å². The van der Waals surface area contributed by atoms with Crippen molar-refractivity contribution in [3.63, 3.8) is 0 Å². The van der Waals surface area contributed by atoms with Crippen LogP contribution in [-0.2, 0) is 7.05 Å². The second kappa shape index (κ2) is 4.61. The lowest BCUT2D eigenvalue weighted by Gasteiger charge is -1.95. The van der Waals surface area contributed by atoms with Crippen molar-refractivity contribution in [2.24, 2.45) is 7.05 Å². The number of nitro groups is 1. The average molecular weight is 229 g/mol. The van der Waals surface area contributed by atoms with Gasteiger partial charge in [0.1, 0.15) is 11.9 Å². The molecule has 17 heavy (non-hydrogen) atoms. The number of nitrogens with zero attached hydrogens (tertiary/aromatic N) is 3. The lowest BCUT2D eigenvalue weighted by atomic mass is 10.2. The third kappa shape index (κ3) is 2.39. The molecule has 0 radical (unpaired) electrons. The van der Waals surface area contributed by atoms with Crippen LogP contribution in [0.25, 0.3) is 12.2 Å². The molecule has 0 bridgehead atoms. The zero-order valence-electron chi connectivity index (χ0n) is 9.28. The Morgan fingerprint density at radius 2 is 2.00 bits per heavy atom. The van der Waals surface area contributed by atoms with Gasteiger partial charge in [0.25, 0.3) is 0 Å². The Morgan fingerprint density at radius 1 is 1.29 bits per heavy atom. The molecule has 0 saturated carbocycles. The summed E-state index contributed by atoms with van der Waals surface area (Å²) in [5.41, 5.74) is 1.73. The number of hydrogen-bond acceptors (Lipinski definition) is 3. The summed E-state index contributed by atoms with van der Waals surface area (Å²) in [6.07, 6.45) is 5.17. The zero-order chi connectivity index (χ0) is 12.3. The molecule has 5 nitrogen and oxygen atoms in total. The van der Waals surface area contributed by atoms with Crippen molar-refractivity contribution in [2.75, 3.05) is 0 Å². The van der Waals surface area contributed by atoms with E-state index in [1.807, 2.05) is 36.4 Å². The molecule has 0 atom stereocenters. The van der Waals surface area contributed by atoms with Crippen LogP contribution in [0.4, 0.5) is 5.95 Å². The van der Waals surface area contributed by atoms with E-state index >= 15 is 0 Å². The van der Waals surface area contributed by atoms with E-state index in [2.05, 4.69) is 4.98 Å². The van der Waals surface area contributed by atoms with Gasteiger partial charge in [0.15, 0.2) is 0 Å². The number of rotatable bonds is 3. The lowest BCUT2D eigenvalue weighted by Crippen LogP contribution is -1.99. The highest BCUT2D eigenvalue weighted by molar-refractivity contribution is 5.68. The van der Waals surface area contributed by atoms with Crippen LogP contribution in [0.2, 0.25) is 0 Å². The van der Waals surface area contributed by atoms with Crippen LogP contribution in [-0.4, -0.2) is 14.5 Å². The maximum Gasteiger partial charge on any atom is 0.434 e. The Labute approximate surface area is 98.2 Å². The van der Waals surface area contributed by atoms with Crippen molar-refractivity contribution in [1.82, 2.24) is 9.55 Å². The fraction of sp³-hybridized carbons (Fsp3) is 0.0833. The third-order valence-electron chi connectivity index (χ3n) is 2.41. The smallest absolute Gasteiger partial charge is 0.390 e. The molecule has 5 heteroatoms. The van der Waals surface area contributed by atoms with Crippen LogP contribution in [0.3, 0.4) is 0 Å². The van der Waals surface area contributed by atoms with Crippen LogP contribution in [0.15, 0.2) is 36.5 Å². The second-order valence-electron chi connectivity index (χ2n) is 3.54. The van der Waals surface area contributed by atoms with Gasteiger partial charge in [0.05, 0.1) is 7.05 Å². The van der Waals surface area contributed by atoms with Crippen molar-refractivity contribution in [1.29, 1.82) is 0 Å². The summed E-state index contributed by atoms with van der Waals surface area (Å²) >= 11 is 0. The molecule has 1 aromatic heterocycles. The molecule has 0 fully saturated rings. The molecule has 0 aliphatic carbocycles. The van der Waals surface area contributed by atoms with Crippen LogP contribution in [0, 0.1) is 10.1 Å². The summed E-state index contributed by atoms with van der Waals surface area (Å²) in [7, 11) is 1.62. The monoisotopic (exact) mass is 229 g/mol. The highest BCUT2D eigenvalue weighted by Crippen LogP contribution is 2.13. The van der Waals surface area contributed by atoms with E-state index in [0.29, 0.717) is 5.69 Å². The summed E-state index contributed by atoms with van der Waals surface area (Å²) in [5, 5.41) is 10.6. The van der Waals surface area contributed by atoms with E-state index in [4.69, 9.17) is 0 Å². The summed E-state index contributed by atoms with van der Waals surface area (Å²) in [6.45, 7) is 0. The molecule has 0 aliphatic rings. The Kier molecular flexibility index (Phi) is 3.00. The highest BCUT2D eigenvalue weighted by atomic mass is 16.6. The second-order valence-corrected chi connectivity index (χ2v) is 3.54. The van der Waals surface area contributed by atoms with E-state index < -0.39 is 4.92 Å². The fourth-order valence-corrected chi connectivity index (χ4v) is 1.48. The molecule has 86 valence electrons. The number of aromatic nitrogens is 2. The number of benzene rings is 1. The molecule has 1 heterocycles. The maximum atomic E-state index is 10.6. The lowest BCUT2D eigenvalue weighted by molar-refractivity contribution is -0.396. The molecular formula is C12H11N3O2. The molecule has 0 spiro atoms. The summed E-state index contributed by atoms with van der Waals surface area (Å²) < 4.78 is 1.44. The average Bonchev–Trinajstić information content (AvgIpc) is 2.69. The van der Waals surface area contributed by atoms with Crippen molar-refractivity contribution >= 4 is 18.1 Å². The molecular weight excluding hydrogens is 218 g/mol. The van der Waals surface area contributed by atoms with Crippen molar-refractivity contribution in [3.05, 3.63) is 57.9 Å². The van der Waals surface area contributed by atoms with Gasteiger partial charge >= 0.3 is 5.95 Å². The van der Waals surface area contributed by atoms with Crippen LogP contribution in [0.5, 0.6) is 0 Å². The zero-order valence-corrected chi connectivity index (χ0v) is 9.28. The number of imidazole rings is 1. The van der Waals surface area contributed by atoms with Gasteiger partial charge in [-0.25, -0.2) is 4.57 Å². The first kappa shape index (κ1) is 11.1. The Morgan fingerprint density at radius 3 is 2.59 bits per heavy atom. The predicted molar refractivity (Wildman–Crippen MR) is 65.2 cm³/mol. The Balaban J connectivity index is 2.25. The van der Waals surface area contributed by atoms with E-state index in [1.54, 1.807) is 13.1 Å². The summed E-state index contributed by atoms with van der Waals surface area (Å²) in [5.74, 6) is -0.155. The van der Waals surface area contributed by atoms with Crippen LogP contribution < -0.4 is 0 Å². The number of hydrogen-bond donors (Lipinski definition) is 0. The molecule has 0 unspecified atom stereocenters. The van der Waals surface area contributed by atoms with E-state index in [-0.39, 0.29) is 5.95 Å². The van der Waals surface area contributed by atoms with Crippen molar-refractivity contribution in [3.8, 4) is 0 Å². The van der Waals surface area contributed by atoms with Gasteiger partial charge in [-0.15, -0.1) is 0 Å². The molecule has 0 N–H and O–H groups in total. The molecule has 0 saturated heterocycles. The molecule has 2 rings (SSSR count). The largest absolute Gasteiger partial charge is 0.434 e. The fourth-order valence-electron chi connectivity index (χ4n) is 1.48. The Hall–Kier alpha value is -2.43. The standard InChI is InChI=1S/C12H11N3O2/c1-14-11(9-13-12(14)15(16)17)8-7-10-5-3-2-4-6-10/h2-9H,1H3/b8-7+. The summed E-state index contributed by atoms with van der Waals surface area (Å²) in [6, 6.07) is 9.73. The van der Waals surface area contributed by atoms with Crippen LogP contribution >= 0.6 is 0 Å². The van der Waals surface area contributed by atoms with Crippen molar-refractivity contribution < 1.29 is 4.92 Å². The first-order valence-electron chi connectivity index (χ1n) is 5.08. The minimum absolute atomic E-state index is 0.155. The summed E-state index contributed by atoms with van der Waals surface area (Å²) in [4.78, 5) is 13.8. The van der Waals surface area contributed by atoms with Gasteiger partial charge in [-0.05, 0) is 16.6 Å². The van der Waals surface area contributed by atoms with E-state index in [9.17, 15) is 10.1 Å². The molecule has 2 aromatic rings. The maximum absolute atomic E-state index is 10.6. The first-order chi connectivity index (χ1) is 8.18. The van der Waals surface area contributed by atoms with Gasteiger partial charge in [0.2, 0.25) is 0 Å². The highest BCUT2D eigenvalue weighted by Gasteiger charge is 2.14. The third-order valence-corrected chi connectivity index (χ3v) is 2.41. The quantitative estimate of drug-likeness (QED) is 0.600. The SMILES string of the molecule is Cn1c(/C=C/c2ccccc2)cnc1[N+](=O)[O-]. The van der Waals surface area contributed by atoms with Gasteiger partial charge < -0.3 is 10.1 Å². The van der Waals surface area contributed by atoms with Crippen molar-refractivity contribution in [2.45, 2.75) is 0 Å². The van der Waals surface area contributed by atoms with E-state index in [1.165, 1.54) is 10.8 Å². The predicted octanol–water partition coefficient (Wildman–Crippen LogP) is 2.50. The van der Waals surface area contributed by atoms with Gasteiger partial charge in [0, 0.05) is 0 Å². The normalized spacial score (nSPS) is 10.9. The van der Waals surface area contributed by atoms with Gasteiger partial charge in [-0.3, -0.25) is 0 Å². The Bertz CT molecular complexity index is 558. The van der Waals surface area contributed by atoms with Gasteiger partial charge in [-0.2, -0.15) is 0 Å². The molecule has 0 aliphatic heterocycles.